The van der Waals surface area contributed by atoms with Crippen LogP contribution < -0.4 is 0 Å². The smallest absolute Gasteiger partial charge is 0.258 e. The van der Waals surface area contributed by atoms with Crippen molar-refractivity contribution < 1.29 is 9.53 Å². The number of hydrogen-bond acceptors (Lipinski definition) is 4. The molecular formula is C17H22N4O2. The molecular weight excluding hydrogens is 292 g/mol. The molecule has 1 aromatic carbocycles. The minimum atomic E-state index is -0.169. The van der Waals surface area contributed by atoms with E-state index in [1.165, 1.54) is 4.80 Å². The van der Waals surface area contributed by atoms with Crippen molar-refractivity contribution in [3.8, 4) is 5.69 Å². The maximum atomic E-state index is 13.2. The number of carbonyl (C=O) groups excluding carboxylic acids is 1. The third-order valence-corrected chi connectivity index (χ3v) is 4.06. The number of nitrogens with zero attached hydrogens (tertiary/aromatic N) is 4. The Morgan fingerprint density at radius 1 is 1.35 bits per heavy atom. The second kappa shape index (κ2) is 6.50. The highest BCUT2D eigenvalue weighted by Gasteiger charge is 2.31. The molecule has 1 fully saturated rings. The predicted molar refractivity (Wildman–Crippen MR) is 86.3 cm³/mol. The standard InChI is InChI=1S/C17H22N4O2/c1-4-16-20(10-13(3)11-23-16)17(22)14-9-12(2)5-6-15(14)21-18-7-8-19-21/h5-9,13,16H,4,10-11H2,1-3H3. The SMILES string of the molecule is CCC1OCC(C)CN1C(=O)c1cc(C)ccc1-n1nccn1. The van der Waals surface area contributed by atoms with Gasteiger partial charge in [0.25, 0.3) is 5.91 Å². The van der Waals surface area contributed by atoms with Gasteiger partial charge in [0, 0.05) is 6.54 Å². The molecule has 1 aromatic heterocycles. The van der Waals surface area contributed by atoms with E-state index in [1.54, 1.807) is 12.4 Å². The van der Waals surface area contributed by atoms with Crippen LogP contribution in [0.2, 0.25) is 0 Å². The Bertz CT molecular complexity index is 684. The summed E-state index contributed by atoms with van der Waals surface area (Å²) in [6.45, 7) is 7.51. The number of aromatic nitrogens is 3. The summed E-state index contributed by atoms with van der Waals surface area (Å²) in [5, 5.41) is 8.32. The van der Waals surface area contributed by atoms with Crippen molar-refractivity contribution in [2.24, 2.45) is 5.92 Å². The van der Waals surface area contributed by atoms with E-state index in [0.29, 0.717) is 30.3 Å². The molecule has 2 heterocycles. The molecule has 0 aliphatic carbocycles. The Labute approximate surface area is 136 Å². The highest BCUT2D eigenvalue weighted by molar-refractivity contribution is 5.98. The van der Waals surface area contributed by atoms with Crippen LogP contribution in [-0.4, -0.2) is 45.2 Å². The molecule has 0 bridgehead atoms. The van der Waals surface area contributed by atoms with Crippen molar-refractivity contribution in [2.45, 2.75) is 33.4 Å². The molecule has 122 valence electrons. The molecule has 2 aromatic rings. The molecule has 3 rings (SSSR count). The van der Waals surface area contributed by atoms with Gasteiger partial charge in [0.05, 0.1) is 30.3 Å². The van der Waals surface area contributed by atoms with Crippen molar-refractivity contribution in [3.05, 3.63) is 41.7 Å². The van der Waals surface area contributed by atoms with Gasteiger partial charge in [-0.1, -0.05) is 25.5 Å². The number of rotatable bonds is 3. The minimum Gasteiger partial charge on any atom is -0.358 e. The summed E-state index contributed by atoms with van der Waals surface area (Å²) in [6, 6.07) is 5.74. The monoisotopic (exact) mass is 314 g/mol. The molecule has 6 nitrogen and oxygen atoms in total. The Morgan fingerprint density at radius 2 is 2.09 bits per heavy atom. The van der Waals surface area contributed by atoms with Crippen LogP contribution in [0.4, 0.5) is 0 Å². The number of hydrogen-bond donors (Lipinski definition) is 0. The lowest BCUT2D eigenvalue weighted by molar-refractivity contribution is -0.0987. The average molecular weight is 314 g/mol. The average Bonchev–Trinajstić information content (AvgIpc) is 3.08. The Hall–Kier alpha value is -2.21. The Kier molecular flexibility index (Phi) is 4.43. The zero-order valence-electron chi connectivity index (χ0n) is 13.8. The van der Waals surface area contributed by atoms with Gasteiger partial charge in [-0.15, -0.1) is 0 Å². The first-order valence-corrected chi connectivity index (χ1v) is 8.00. The second-order valence-electron chi connectivity index (χ2n) is 6.10. The summed E-state index contributed by atoms with van der Waals surface area (Å²) in [6.07, 6.45) is 3.82. The summed E-state index contributed by atoms with van der Waals surface area (Å²) in [4.78, 5) is 16.5. The van der Waals surface area contributed by atoms with Gasteiger partial charge in [-0.05, 0) is 31.4 Å². The lowest BCUT2D eigenvalue weighted by atomic mass is 10.1. The fourth-order valence-electron chi connectivity index (χ4n) is 2.91. The first kappa shape index (κ1) is 15.7. The number of ether oxygens (including phenoxy) is 1. The Balaban J connectivity index is 1.99. The van der Waals surface area contributed by atoms with Crippen molar-refractivity contribution in [1.82, 2.24) is 19.9 Å². The van der Waals surface area contributed by atoms with Crippen molar-refractivity contribution >= 4 is 5.91 Å². The van der Waals surface area contributed by atoms with Gasteiger partial charge < -0.3 is 9.64 Å². The highest BCUT2D eigenvalue weighted by atomic mass is 16.5. The maximum absolute atomic E-state index is 13.2. The number of benzene rings is 1. The molecule has 6 heteroatoms. The van der Waals surface area contributed by atoms with E-state index in [1.807, 2.05) is 36.9 Å². The van der Waals surface area contributed by atoms with Gasteiger partial charge in [-0.2, -0.15) is 15.0 Å². The highest BCUT2D eigenvalue weighted by Crippen LogP contribution is 2.23. The normalized spacial score (nSPS) is 21.4. The molecule has 1 amide bonds. The predicted octanol–water partition coefficient (Wildman–Crippen LogP) is 2.42. The number of aryl methyl sites for hydroxylation is 1. The quantitative estimate of drug-likeness (QED) is 0.873. The summed E-state index contributed by atoms with van der Waals surface area (Å²) in [5.41, 5.74) is 2.33. The van der Waals surface area contributed by atoms with E-state index < -0.39 is 0 Å². The molecule has 2 unspecified atom stereocenters. The van der Waals surface area contributed by atoms with E-state index in [0.717, 1.165) is 12.0 Å². The molecule has 0 spiro atoms. The summed E-state index contributed by atoms with van der Waals surface area (Å²) in [7, 11) is 0. The van der Waals surface area contributed by atoms with Gasteiger partial charge in [0.1, 0.15) is 6.23 Å². The molecule has 1 aliphatic rings. The Morgan fingerprint density at radius 3 is 2.78 bits per heavy atom. The molecule has 0 N–H and O–H groups in total. The lowest BCUT2D eigenvalue weighted by Gasteiger charge is -2.38. The van der Waals surface area contributed by atoms with Crippen LogP contribution in [0.3, 0.4) is 0 Å². The van der Waals surface area contributed by atoms with Gasteiger partial charge >= 0.3 is 0 Å². The van der Waals surface area contributed by atoms with E-state index in [-0.39, 0.29) is 12.1 Å². The van der Waals surface area contributed by atoms with Crippen molar-refractivity contribution in [1.29, 1.82) is 0 Å². The van der Waals surface area contributed by atoms with Crippen LogP contribution in [0, 0.1) is 12.8 Å². The van der Waals surface area contributed by atoms with Crippen molar-refractivity contribution in [3.63, 3.8) is 0 Å². The maximum Gasteiger partial charge on any atom is 0.258 e. The van der Waals surface area contributed by atoms with Crippen LogP contribution in [0.1, 0.15) is 36.2 Å². The first-order valence-electron chi connectivity index (χ1n) is 8.00. The van der Waals surface area contributed by atoms with E-state index >= 15 is 0 Å². The topological polar surface area (TPSA) is 60.2 Å². The van der Waals surface area contributed by atoms with Gasteiger partial charge in [-0.25, -0.2) is 0 Å². The van der Waals surface area contributed by atoms with Crippen LogP contribution in [-0.2, 0) is 4.74 Å². The second-order valence-corrected chi connectivity index (χ2v) is 6.10. The molecule has 23 heavy (non-hydrogen) atoms. The summed E-state index contributed by atoms with van der Waals surface area (Å²) < 4.78 is 5.82. The fraction of sp³-hybridized carbons (Fsp3) is 0.471. The van der Waals surface area contributed by atoms with E-state index in [4.69, 9.17) is 4.74 Å². The zero-order valence-corrected chi connectivity index (χ0v) is 13.8. The minimum absolute atomic E-state index is 0.0283. The summed E-state index contributed by atoms with van der Waals surface area (Å²) in [5.74, 6) is 0.303. The van der Waals surface area contributed by atoms with Crippen LogP contribution in [0.25, 0.3) is 5.69 Å². The molecule has 2 atom stereocenters. The largest absolute Gasteiger partial charge is 0.358 e. The van der Waals surface area contributed by atoms with Gasteiger partial charge in [-0.3, -0.25) is 4.79 Å². The van der Waals surface area contributed by atoms with Gasteiger partial charge in [0.15, 0.2) is 0 Å². The molecule has 0 saturated carbocycles. The van der Waals surface area contributed by atoms with Crippen molar-refractivity contribution in [2.75, 3.05) is 13.2 Å². The first-order chi connectivity index (χ1) is 11.1. The number of amides is 1. The zero-order chi connectivity index (χ0) is 16.4. The van der Waals surface area contributed by atoms with Crippen LogP contribution >= 0.6 is 0 Å². The van der Waals surface area contributed by atoms with Crippen LogP contribution in [0.15, 0.2) is 30.6 Å². The molecule has 0 radical (unpaired) electrons. The summed E-state index contributed by atoms with van der Waals surface area (Å²) >= 11 is 0. The third-order valence-electron chi connectivity index (χ3n) is 4.06. The van der Waals surface area contributed by atoms with Gasteiger partial charge in [0.2, 0.25) is 0 Å². The molecule has 1 aliphatic heterocycles. The fourth-order valence-corrected chi connectivity index (χ4v) is 2.91. The van der Waals surface area contributed by atoms with E-state index in [2.05, 4.69) is 17.1 Å². The number of carbonyl (C=O) groups is 1. The third kappa shape index (κ3) is 3.12. The molecule has 1 saturated heterocycles. The van der Waals surface area contributed by atoms with E-state index in [9.17, 15) is 4.79 Å². The lowest BCUT2D eigenvalue weighted by Crippen LogP contribution is -2.49. The van der Waals surface area contributed by atoms with Crippen LogP contribution in [0.5, 0.6) is 0 Å².